The van der Waals surface area contributed by atoms with Gasteiger partial charge in [-0.15, -0.1) is 0 Å². The summed E-state index contributed by atoms with van der Waals surface area (Å²) in [5.41, 5.74) is 10.4. The summed E-state index contributed by atoms with van der Waals surface area (Å²) in [7, 11) is 3.47. The molecular formula is C6H11N5O. The van der Waals surface area contributed by atoms with E-state index in [1.807, 2.05) is 0 Å². The first kappa shape index (κ1) is 8.38. The Labute approximate surface area is 69.2 Å². The van der Waals surface area contributed by atoms with Crippen molar-refractivity contribution in [2.24, 2.45) is 0 Å². The van der Waals surface area contributed by atoms with Gasteiger partial charge in [-0.2, -0.15) is 4.98 Å². The normalized spacial score (nSPS) is 9.83. The lowest BCUT2D eigenvalue weighted by atomic mass is 10.4. The number of aromatic amines is 1. The van der Waals surface area contributed by atoms with Gasteiger partial charge >= 0.3 is 0 Å². The van der Waals surface area contributed by atoms with Crippen LogP contribution in [0, 0.1) is 0 Å². The molecule has 0 radical (unpaired) electrons. The van der Waals surface area contributed by atoms with Crippen LogP contribution in [0.3, 0.4) is 0 Å². The van der Waals surface area contributed by atoms with Crippen LogP contribution in [0.5, 0.6) is 0 Å². The first-order valence-corrected chi connectivity index (χ1v) is 3.35. The second kappa shape index (κ2) is 2.72. The third kappa shape index (κ3) is 1.31. The number of H-pyrrole nitrogens is 1. The van der Waals surface area contributed by atoms with Crippen LogP contribution >= 0.6 is 0 Å². The molecule has 0 amide bonds. The Morgan fingerprint density at radius 3 is 2.50 bits per heavy atom. The van der Waals surface area contributed by atoms with E-state index in [-0.39, 0.29) is 11.6 Å². The number of nitrogens with one attached hydrogen (secondary N) is 1. The van der Waals surface area contributed by atoms with E-state index in [1.54, 1.807) is 19.0 Å². The van der Waals surface area contributed by atoms with E-state index in [0.717, 1.165) is 0 Å². The minimum atomic E-state index is -0.411. The van der Waals surface area contributed by atoms with E-state index in [1.165, 1.54) is 0 Å². The monoisotopic (exact) mass is 169 g/mol. The van der Waals surface area contributed by atoms with Gasteiger partial charge in [-0.1, -0.05) is 0 Å². The molecule has 1 heterocycles. The highest BCUT2D eigenvalue weighted by Crippen LogP contribution is 2.12. The molecule has 1 rings (SSSR count). The minimum Gasteiger partial charge on any atom is -0.391 e. The van der Waals surface area contributed by atoms with Crippen molar-refractivity contribution in [2.45, 2.75) is 0 Å². The Morgan fingerprint density at radius 2 is 2.00 bits per heavy atom. The van der Waals surface area contributed by atoms with Crippen molar-refractivity contribution in [3.8, 4) is 0 Å². The van der Waals surface area contributed by atoms with Gasteiger partial charge in [0.15, 0.2) is 5.82 Å². The second-order valence-corrected chi connectivity index (χ2v) is 2.58. The molecule has 0 aliphatic heterocycles. The first-order chi connectivity index (χ1) is 5.52. The van der Waals surface area contributed by atoms with Gasteiger partial charge in [0.25, 0.3) is 5.56 Å². The summed E-state index contributed by atoms with van der Waals surface area (Å²) >= 11 is 0. The largest absolute Gasteiger partial charge is 0.391 e. The summed E-state index contributed by atoms with van der Waals surface area (Å²) in [6.45, 7) is 0. The smallest absolute Gasteiger partial charge is 0.277 e. The zero-order chi connectivity index (χ0) is 9.30. The third-order valence-corrected chi connectivity index (χ3v) is 1.38. The fourth-order valence-corrected chi connectivity index (χ4v) is 0.828. The molecular weight excluding hydrogens is 158 g/mol. The average molecular weight is 169 g/mol. The molecule has 1 aromatic heterocycles. The van der Waals surface area contributed by atoms with E-state index < -0.39 is 5.56 Å². The summed E-state index contributed by atoms with van der Waals surface area (Å²) in [4.78, 5) is 18.8. The molecule has 0 unspecified atom stereocenters. The summed E-state index contributed by atoms with van der Waals surface area (Å²) in [5, 5.41) is 0. The van der Waals surface area contributed by atoms with Crippen LogP contribution < -0.4 is 21.9 Å². The highest BCUT2D eigenvalue weighted by molar-refractivity contribution is 5.61. The lowest BCUT2D eigenvalue weighted by Crippen LogP contribution is -2.22. The number of hydrogen-bond acceptors (Lipinski definition) is 5. The molecule has 6 nitrogen and oxygen atoms in total. The standard InChI is InChI=1S/C6H11N5O/c1-11(2)4-3(7)5(12)10-6(8)9-4/h7H2,1-2H3,(H3,8,9,10,12). The van der Waals surface area contributed by atoms with Crippen molar-refractivity contribution in [1.82, 2.24) is 9.97 Å². The molecule has 0 bridgehead atoms. The molecule has 0 aliphatic rings. The molecule has 6 heteroatoms. The molecule has 5 N–H and O–H groups in total. The predicted molar refractivity (Wildman–Crippen MR) is 48.0 cm³/mol. The Hall–Kier alpha value is -1.72. The number of nitrogens with zero attached hydrogens (tertiary/aromatic N) is 2. The van der Waals surface area contributed by atoms with Crippen molar-refractivity contribution >= 4 is 17.5 Å². The molecule has 1 aromatic rings. The van der Waals surface area contributed by atoms with E-state index in [4.69, 9.17) is 11.5 Å². The summed E-state index contributed by atoms with van der Waals surface area (Å²) in [5.74, 6) is 0.453. The molecule has 0 spiro atoms. The summed E-state index contributed by atoms with van der Waals surface area (Å²) in [6.07, 6.45) is 0. The molecule has 0 aliphatic carbocycles. The highest BCUT2D eigenvalue weighted by atomic mass is 16.1. The van der Waals surface area contributed by atoms with Crippen molar-refractivity contribution in [3.63, 3.8) is 0 Å². The van der Waals surface area contributed by atoms with Gasteiger partial charge in [-0.05, 0) is 0 Å². The summed E-state index contributed by atoms with van der Waals surface area (Å²) < 4.78 is 0. The van der Waals surface area contributed by atoms with Gasteiger partial charge in [0.1, 0.15) is 5.69 Å². The first-order valence-electron chi connectivity index (χ1n) is 3.35. The van der Waals surface area contributed by atoms with Crippen LogP contribution in [-0.2, 0) is 0 Å². The topological polar surface area (TPSA) is 101 Å². The Balaban J connectivity index is 3.38. The maximum Gasteiger partial charge on any atom is 0.277 e. The van der Waals surface area contributed by atoms with Gasteiger partial charge in [-0.3, -0.25) is 9.78 Å². The van der Waals surface area contributed by atoms with Crippen LogP contribution in [0.1, 0.15) is 0 Å². The second-order valence-electron chi connectivity index (χ2n) is 2.58. The fraction of sp³-hybridized carbons (Fsp3) is 0.333. The molecule has 0 aromatic carbocycles. The highest BCUT2D eigenvalue weighted by Gasteiger charge is 2.07. The van der Waals surface area contributed by atoms with Gasteiger partial charge in [0.05, 0.1) is 0 Å². The van der Waals surface area contributed by atoms with E-state index in [2.05, 4.69) is 9.97 Å². The number of anilines is 3. The average Bonchev–Trinajstić information content (AvgIpc) is 1.96. The predicted octanol–water partition coefficient (Wildman–Crippen LogP) is -1.000. The Morgan fingerprint density at radius 1 is 1.42 bits per heavy atom. The van der Waals surface area contributed by atoms with E-state index >= 15 is 0 Å². The fourth-order valence-electron chi connectivity index (χ4n) is 0.828. The maximum absolute atomic E-state index is 11.0. The van der Waals surface area contributed by atoms with Crippen molar-refractivity contribution in [1.29, 1.82) is 0 Å². The SMILES string of the molecule is CN(C)c1nc(N)[nH]c(=O)c1N. The number of nitrogen functional groups attached to an aromatic ring is 2. The minimum absolute atomic E-state index is 0.0675. The quantitative estimate of drug-likeness (QED) is 0.500. The molecule has 0 saturated carbocycles. The molecule has 66 valence electrons. The number of aromatic nitrogens is 2. The number of rotatable bonds is 1. The Kier molecular flexibility index (Phi) is 1.90. The van der Waals surface area contributed by atoms with Crippen molar-refractivity contribution < 1.29 is 0 Å². The van der Waals surface area contributed by atoms with Gasteiger partial charge in [-0.25, -0.2) is 0 Å². The molecule has 0 fully saturated rings. The van der Waals surface area contributed by atoms with Crippen LogP contribution in [0.4, 0.5) is 17.5 Å². The van der Waals surface area contributed by atoms with Gasteiger partial charge in [0, 0.05) is 14.1 Å². The van der Waals surface area contributed by atoms with E-state index in [0.29, 0.717) is 5.82 Å². The maximum atomic E-state index is 11.0. The lowest BCUT2D eigenvalue weighted by molar-refractivity contribution is 1.04. The van der Waals surface area contributed by atoms with Crippen molar-refractivity contribution in [3.05, 3.63) is 10.4 Å². The van der Waals surface area contributed by atoms with Crippen LogP contribution in [0.2, 0.25) is 0 Å². The number of hydrogen-bond donors (Lipinski definition) is 3. The van der Waals surface area contributed by atoms with E-state index in [9.17, 15) is 4.79 Å². The molecule has 0 saturated heterocycles. The Bertz CT molecular complexity index is 342. The van der Waals surface area contributed by atoms with Crippen LogP contribution in [-0.4, -0.2) is 24.1 Å². The van der Waals surface area contributed by atoms with Crippen LogP contribution in [0.15, 0.2) is 4.79 Å². The van der Waals surface area contributed by atoms with Gasteiger partial charge in [0.2, 0.25) is 5.95 Å². The van der Waals surface area contributed by atoms with Crippen LogP contribution in [0.25, 0.3) is 0 Å². The zero-order valence-corrected chi connectivity index (χ0v) is 6.96. The zero-order valence-electron chi connectivity index (χ0n) is 6.96. The summed E-state index contributed by atoms with van der Waals surface area (Å²) in [6, 6.07) is 0. The third-order valence-electron chi connectivity index (χ3n) is 1.38. The lowest BCUT2D eigenvalue weighted by Gasteiger charge is -2.12. The molecule has 0 atom stereocenters. The number of nitrogens with two attached hydrogens (primary N) is 2. The van der Waals surface area contributed by atoms with Gasteiger partial charge < -0.3 is 16.4 Å². The molecule has 12 heavy (non-hydrogen) atoms. The van der Waals surface area contributed by atoms with Crippen molar-refractivity contribution in [2.75, 3.05) is 30.5 Å².